The molecule has 3 N–H and O–H groups in total. The molecule has 88 valence electrons. The maximum absolute atomic E-state index is 11.1. The molecule has 0 radical (unpaired) electrons. The number of esters is 1. The number of rotatable bonds is 5. The highest BCUT2D eigenvalue weighted by Crippen LogP contribution is 2.19. The third kappa shape index (κ3) is 3.81. The van der Waals surface area contributed by atoms with Crippen molar-refractivity contribution in [3.63, 3.8) is 0 Å². The average molecular weight is 222 g/mol. The predicted octanol–water partition coefficient (Wildman–Crippen LogP) is 1.94. The molecule has 1 aromatic carbocycles. The minimum atomic E-state index is -0.194. The molecule has 16 heavy (non-hydrogen) atoms. The Morgan fingerprint density at radius 1 is 1.50 bits per heavy atom. The summed E-state index contributed by atoms with van der Waals surface area (Å²) in [5.41, 5.74) is 8.49. The maximum Gasteiger partial charge on any atom is 0.307 e. The monoisotopic (exact) mass is 222 g/mol. The van der Waals surface area contributed by atoms with Gasteiger partial charge in [0, 0.05) is 6.54 Å². The zero-order valence-electron chi connectivity index (χ0n) is 9.75. The Kier molecular flexibility index (Phi) is 4.64. The van der Waals surface area contributed by atoms with Crippen LogP contribution in [0, 0.1) is 6.92 Å². The van der Waals surface area contributed by atoms with Crippen molar-refractivity contribution in [2.75, 3.05) is 24.2 Å². The molecule has 0 heterocycles. The standard InChI is InChI=1S/C12H18N2O2/c1-3-16-12(15)6-7-14-11-5-4-9(2)8-10(11)13/h4-5,8,14H,3,6-7,13H2,1-2H3. The molecule has 0 unspecified atom stereocenters. The number of nitrogen functional groups attached to an aromatic ring is 1. The van der Waals surface area contributed by atoms with Gasteiger partial charge in [0.05, 0.1) is 24.4 Å². The number of anilines is 2. The fourth-order valence-corrected chi connectivity index (χ4v) is 1.38. The molecule has 4 heteroatoms. The first-order valence-electron chi connectivity index (χ1n) is 5.39. The van der Waals surface area contributed by atoms with Gasteiger partial charge in [0.1, 0.15) is 0 Å². The Hall–Kier alpha value is -1.71. The van der Waals surface area contributed by atoms with Crippen LogP contribution in [0.4, 0.5) is 11.4 Å². The summed E-state index contributed by atoms with van der Waals surface area (Å²) in [5, 5.41) is 3.10. The second kappa shape index (κ2) is 6.00. The van der Waals surface area contributed by atoms with Crippen molar-refractivity contribution >= 4 is 17.3 Å². The second-order valence-corrected chi connectivity index (χ2v) is 3.57. The van der Waals surface area contributed by atoms with E-state index in [1.54, 1.807) is 6.92 Å². The number of ether oxygens (including phenoxy) is 1. The van der Waals surface area contributed by atoms with Crippen LogP contribution in [0.15, 0.2) is 18.2 Å². The molecule has 0 bridgehead atoms. The van der Waals surface area contributed by atoms with Gasteiger partial charge >= 0.3 is 5.97 Å². The van der Waals surface area contributed by atoms with E-state index in [9.17, 15) is 4.79 Å². The lowest BCUT2D eigenvalue weighted by atomic mass is 10.2. The highest BCUT2D eigenvalue weighted by molar-refractivity contribution is 5.71. The molecule has 0 aliphatic carbocycles. The molecular formula is C12H18N2O2. The van der Waals surface area contributed by atoms with Gasteiger partial charge in [-0.05, 0) is 31.5 Å². The van der Waals surface area contributed by atoms with Crippen LogP contribution >= 0.6 is 0 Å². The van der Waals surface area contributed by atoms with E-state index in [0.29, 0.717) is 25.3 Å². The van der Waals surface area contributed by atoms with Gasteiger partial charge in [-0.2, -0.15) is 0 Å². The molecule has 0 atom stereocenters. The van der Waals surface area contributed by atoms with Gasteiger partial charge in [0.15, 0.2) is 0 Å². The Morgan fingerprint density at radius 3 is 2.88 bits per heavy atom. The number of aryl methyl sites for hydroxylation is 1. The van der Waals surface area contributed by atoms with Crippen molar-refractivity contribution in [2.45, 2.75) is 20.3 Å². The summed E-state index contributed by atoms with van der Waals surface area (Å²) in [4.78, 5) is 11.1. The summed E-state index contributed by atoms with van der Waals surface area (Å²) in [5.74, 6) is -0.194. The molecule has 1 rings (SSSR count). The maximum atomic E-state index is 11.1. The third-order valence-electron chi connectivity index (χ3n) is 2.16. The van der Waals surface area contributed by atoms with Crippen molar-refractivity contribution in [3.05, 3.63) is 23.8 Å². The van der Waals surface area contributed by atoms with Gasteiger partial charge in [0.2, 0.25) is 0 Å². The topological polar surface area (TPSA) is 64.3 Å². The van der Waals surface area contributed by atoms with E-state index in [1.165, 1.54) is 0 Å². The van der Waals surface area contributed by atoms with Crippen LogP contribution in [-0.2, 0) is 9.53 Å². The van der Waals surface area contributed by atoms with E-state index in [-0.39, 0.29) is 5.97 Å². The van der Waals surface area contributed by atoms with E-state index in [4.69, 9.17) is 10.5 Å². The summed E-state index contributed by atoms with van der Waals surface area (Å²) >= 11 is 0. The summed E-state index contributed by atoms with van der Waals surface area (Å²) in [6.45, 7) is 4.74. The second-order valence-electron chi connectivity index (χ2n) is 3.57. The lowest BCUT2D eigenvalue weighted by Crippen LogP contribution is -2.12. The molecule has 1 aromatic rings. The van der Waals surface area contributed by atoms with Crippen molar-refractivity contribution in [1.29, 1.82) is 0 Å². The first kappa shape index (κ1) is 12.4. The van der Waals surface area contributed by atoms with Crippen molar-refractivity contribution in [1.82, 2.24) is 0 Å². The summed E-state index contributed by atoms with van der Waals surface area (Å²) < 4.78 is 4.82. The first-order valence-corrected chi connectivity index (χ1v) is 5.39. The Balaban J connectivity index is 2.40. The first-order chi connectivity index (χ1) is 7.63. The number of nitrogens with two attached hydrogens (primary N) is 1. The van der Waals surface area contributed by atoms with Crippen LogP contribution in [0.3, 0.4) is 0 Å². The van der Waals surface area contributed by atoms with Crippen LogP contribution in [-0.4, -0.2) is 19.1 Å². The Bertz CT molecular complexity index is 364. The largest absolute Gasteiger partial charge is 0.466 e. The molecule has 0 amide bonds. The van der Waals surface area contributed by atoms with Crippen LogP contribution in [0.1, 0.15) is 18.9 Å². The molecule has 4 nitrogen and oxygen atoms in total. The smallest absolute Gasteiger partial charge is 0.307 e. The van der Waals surface area contributed by atoms with E-state index in [2.05, 4.69) is 5.32 Å². The zero-order valence-corrected chi connectivity index (χ0v) is 9.75. The highest BCUT2D eigenvalue weighted by atomic mass is 16.5. The molecule has 0 fully saturated rings. The van der Waals surface area contributed by atoms with Crippen LogP contribution < -0.4 is 11.1 Å². The number of carbonyl (C=O) groups is 1. The van der Waals surface area contributed by atoms with Crippen molar-refractivity contribution in [3.8, 4) is 0 Å². The molecular weight excluding hydrogens is 204 g/mol. The highest BCUT2D eigenvalue weighted by Gasteiger charge is 2.02. The minimum Gasteiger partial charge on any atom is -0.466 e. The number of hydrogen-bond acceptors (Lipinski definition) is 4. The molecule has 0 aliphatic rings. The fourth-order valence-electron chi connectivity index (χ4n) is 1.38. The van der Waals surface area contributed by atoms with Gasteiger partial charge in [-0.3, -0.25) is 4.79 Å². The van der Waals surface area contributed by atoms with Gasteiger partial charge in [-0.25, -0.2) is 0 Å². The van der Waals surface area contributed by atoms with Crippen LogP contribution in [0.25, 0.3) is 0 Å². The van der Waals surface area contributed by atoms with Crippen molar-refractivity contribution < 1.29 is 9.53 Å². The Morgan fingerprint density at radius 2 is 2.25 bits per heavy atom. The van der Waals surface area contributed by atoms with E-state index < -0.39 is 0 Å². The summed E-state index contributed by atoms with van der Waals surface area (Å²) in [6.07, 6.45) is 0.348. The number of nitrogens with one attached hydrogen (secondary N) is 1. The number of hydrogen-bond donors (Lipinski definition) is 2. The van der Waals surface area contributed by atoms with Gasteiger partial charge in [-0.1, -0.05) is 6.07 Å². The van der Waals surface area contributed by atoms with Crippen LogP contribution in [0.5, 0.6) is 0 Å². The zero-order chi connectivity index (χ0) is 12.0. The molecule has 0 spiro atoms. The number of benzene rings is 1. The lowest BCUT2D eigenvalue weighted by Gasteiger charge is -2.09. The third-order valence-corrected chi connectivity index (χ3v) is 2.16. The number of carbonyl (C=O) groups excluding carboxylic acids is 1. The predicted molar refractivity (Wildman–Crippen MR) is 65.3 cm³/mol. The average Bonchev–Trinajstić information content (AvgIpc) is 2.22. The van der Waals surface area contributed by atoms with Gasteiger partial charge in [-0.15, -0.1) is 0 Å². The van der Waals surface area contributed by atoms with Gasteiger partial charge < -0.3 is 15.8 Å². The van der Waals surface area contributed by atoms with E-state index in [1.807, 2.05) is 25.1 Å². The molecule has 0 aromatic heterocycles. The normalized spacial score (nSPS) is 9.88. The molecule has 0 aliphatic heterocycles. The van der Waals surface area contributed by atoms with E-state index >= 15 is 0 Å². The quantitative estimate of drug-likeness (QED) is 0.590. The SMILES string of the molecule is CCOC(=O)CCNc1ccc(C)cc1N. The van der Waals surface area contributed by atoms with Crippen molar-refractivity contribution in [2.24, 2.45) is 0 Å². The minimum absolute atomic E-state index is 0.194. The summed E-state index contributed by atoms with van der Waals surface area (Å²) in [6, 6.07) is 5.78. The summed E-state index contributed by atoms with van der Waals surface area (Å²) in [7, 11) is 0. The molecule has 0 saturated carbocycles. The fraction of sp³-hybridized carbons (Fsp3) is 0.417. The van der Waals surface area contributed by atoms with Gasteiger partial charge in [0.25, 0.3) is 0 Å². The molecule has 0 saturated heterocycles. The van der Waals surface area contributed by atoms with E-state index in [0.717, 1.165) is 11.3 Å². The lowest BCUT2D eigenvalue weighted by molar-refractivity contribution is -0.142. The Labute approximate surface area is 95.8 Å². The van der Waals surface area contributed by atoms with Crippen LogP contribution in [0.2, 0.25) is 0 Å².